The third kappa shape index (κ3) is 4.13. The minimum Gasteiger partial charge on any atom is -0.483 e. The first-order chi connectivity index (χ1) is 13.1. The Kier molecular flexibility index (Phi) is 5.39. The SMILES string of the molecule is O=C1NC2CC(C(=O)NC3CCCC3)CCC2O/C1=C\c1ccccc1Cl. The van der Waals surface area contributed by atoms with Crippen molar-refractivity contribution in [2.24, 2.45) is 5.92 Å². The first kappa shape index (κ1) is 18.4. The van der Waals surface area contributed by atoms with Crippen molar-refractivity contribution in [2.45, 2.75) is 63.1 Å². The van der Waals surface area contributed by atoms with Gasteiger partial charge in [-0.2, -0.15) is 0 Å². The average Bonchev–Trinajstić information content (AvgIpc) is 3.16. The van der Waals surface area contributed by atoms with Crippen LogP contribution in [-0.4, -0.2) is 30.0 Å². The number of rotatable bonds is 3. The van der Waals surface area contributed by atoms with Crippen molar-refractivity contribution in [3.63, 3.8) is 0 Å². The van der Waals surface area contributed by atoms with E-state index >= 15 is 0 Å². The number of carbonyl (C=O) groups excluding carboxylic acids is 2. The summed E-state index contributed by atoms with van der Waals surface area (Å²) in [5.74, 6) is 0.128. The van der Waals surface area contributed by atoms with E-state index in [0.717, 1.165) is 31.2 Å². The Labute approximate surface area is 164 Å². The number of hydrogen-bond acceptors (Lipinski definition) is 3. The summed E-state index contributed by atoms with van der Waals surface area (Å²) in [7, 11) is 0. The van der Waals surface area contributed by atoms with Crippen LogP contribution in [0.15, 0.2) is 30.0 Å². The molecule has 1 saturated heterocycles. The molecule has 1 aliphatic heterocycles. The van der Waals surface area contributed by atoms with Crippen LogP contribution in [0.5, 0.6) is 0 Å². The van der Waals surface area contributed by atoms with Gasteiger partial charge in [0.2, 0.25) is 5.91 Å². The zero-order valence-electron chi connectivity index (χ0n) is 15.2. The molecule has 0 spiro atoms. The largest absolute Gasteiger partial charge is 0.483 e. The lowest BCUT2D eigenvalue weighted by atomic mass is 9.82. The Morgan fingerprint density at radius 2 is 1.96 bits per heavy atom. The summed E-state index contributed by atoms with van der Waals surface area (Å²) in [6.45, 7) is 0. The van der Waals surface area contributed by atoms with Crippen LogP contribution in [0.1, 0.15) is 50.5 Å². The van der Waals surface area contributed by atoms with Gasteiger partial charge in [0.05, 0.1) is 6.04 Å². The van der Waals surface area contributed by atoms with E-state index in [4.69, 9.17) is 16.3 Å². The number of halogens is 1. The first-order valence-electron chi connectivity index (χ1n) is 9.84. The maximum atomic E-state index is 12.6. The van der Waals surface area contributed by atoms with Crippen molar-refractivity contribution in [3.8, 4) is 0 Å². The second-order valence-corrected chi connectivity index (χ2v) is 8.17. The highest BCUT2D eigenvalue weighted by Gasteiger charge is 2.40. The van der Waals surface area contributed by atoms with E-state index < -0.39 is 0 Å². The Balaban J connectivity index is 1.39. The van der Waals surface area contributed by atoms with Crippen molar-refractivity contribution in [2.75, 3.05) is 0 Å². The molecule has 2 aliphatic carbocycles. The number of benzene rings is 1. The maximum Gasteiger partial charge on any atom is 0.286 e. The molecular weight excluding hydrogens is 364 g/mol. The van der Waals surface area contributed by atoms with Crippen LogP contribution in [0.2, 0.25) is 5.02 Å². The lowest BCUT2D eigenvalue weighted by Gasteiger charge is -2.40. The predicted octanol–water partition coefficient (Wildman–Crippen LogP) is 3.42. The summed E-state index contributed by atoms with van der Waals surface area (Å²) < 4.78 is 5.98. The predicted molar refractivity (Wildman–Crippen MR) is 104 cm³/mol. The van der Waals surface area contributed by atoms with Crippen molar-refractivity contribution < 1.29 is 14.3 Å². The highest BCUT2D eigenvalue weighted by molar-refractivity contribution is 6.32. The molecule has 5 nitrogen and oxygen atoms in total. The molecule has 0 radical (unpaired) electrons. The number of hydrogen-bond donors (Lipinski definition) is 2. The van der Waals surface area contributed by atoms with Gasteiger partial charge in [-0.05, 0) is 49.8 Å². The van der Waals surface area contributed by atoms with Gasteiger partial charge in [-0.15, -0.1) is 0 Å². The smallest absolute Gasteiger partial charge is 0.286 e. The molecule has 3 fully saturated rings. The van der Waals surface area contributed by atoms with Gasteiger partial charge < -0.3 is 15.4 Å². The fourth-order valence-corrected chi connectivity index (χ4v) is 4.54. The van der Waals surface area contributed by atoms with E-state index in [2.05, 4.69) is 10.6 Å². The van der Waals surface area contributed by atoms with E-state index in [0.29, 0.717) is 23.2 Å². The molecule has 3 aliphatic rings. The van der Waals surface area contributed by atoms with Gasteiger partial charge in [0.25, 0.3) is 5.91 Å². The second kappa shape index (κ2) is 7.93. The summed E-state index contributed by atoms with van der Waals surface area (Å²) in [6, 6.07) is 7.57. The maximum absolute atomic E-state index is 12.6. The molecule has 1 aromatic carbocycles. The lowest BCUT2D eigenvalue weighted by molar-refractivity contribution is -0.135. The van der Waals surface area contributed by atoms with Crippen molar-refractivity contribution >= 4 is 29.5 Å². The quantitative estimate of drug-likeness (QED) is 0.779. The third-order valence-corrected chi connectivity index (χ3v) is 6.21. The molecule has 144 valence electrons. The second-order valence-electron chi connectivity index (χ2n) is 7.77. The van der Waals surface area contributed by atoms with Crippen LogP contribution in [0.25, 0.3) is 6.08 Å². The van der Waals surface area contributed by atoms with E-state index in [1.165, 1.54) is 12.8 Å². The van der Waals surface area contributed by atoms with Gasteiger partial charge in [-0.1, -0.05) is 42.6 Å². The minimum absolute atomic E-state index is 0.0511. The zero-order valence-corrected chi connectivity index (χ0v) is 16.0. The molecular formula is C21H25ClN2O3. The molecule has 3 atom stereocenters. The summed E-state index contributed by atoms with van der Waals surface area (Å²) in [5.41, 5.74) is 0.757. The molecule has 0 aromatic heterocycles. The monoisotopic (exact) mass is 388 g/mol. The molecule has 3 unspecified atom stereocenters. The van der Waals surface area contributed by atoms with E-state index in [1.807, 2.05) is 18.2 Å². The normalized spacial score (nSPS) is 29.7. The number of ether oxygens (including phenoxy) is 1. The zero-order chi connectivity index (χ0) is 18.8. The van der Waals surface area contributed by atoms with Crippen molar-refractivity contribution in [3.05, 3.63) is 40.6 Å². The molecule has 2 amide bonds. The summed E-state index contributed by atoms with van der Waals surface area (Å²) >= 11 is 6.18. The molecule has 6 heteroatoms. The molecule has 4 rings (SSSR count). The van der Waals surface area contributed by atoms with Crippen LogP contribution < -0.4 is 10.6 Å². The highest BCUT2D eigenvalue weighted by atomic mass is 35.5. The minimum atomic E-state index is -0.243. The number of fused-ring (bicyclic) bond motifs is 1. The van der Waals surface area contributed by atoms with Gasteiger partial charge >= 0.3 is 0 Å². The average molecular weight is 389 g/mol. The highest BCUT2D eigenvalue weighted by Crippen LogP contribution is 2.32. The summed E-state index contributed by atoms with van der Waals surface area (Å²) in [4.78, 5) is 25.0. The lowest BCUT2D eigenvalue weighted by Crippen LogP contribution is -2.55. The van der Waals surface area contributed by atoms with Gasteiger partial charge in [0.1, 0.15) is 6.10 Å². The van der Waals surface area contributed by atoms with Crippen LogP contribution >= 0.6 is 11.6 Å². The van der Waals surface area contributed by atoms with Crippen LogP contribution in [-0.2, 0) is 14.3 Å². The first-order valence-corrected chi connectivity index (χ1v) is 10.2. The Morgan fingerprint density at radius 1 is 1.19 bits per heavy atom. The van der Waals surface area contributed by atoms with Crippen LogP contribution in [0, 0.1) is 5.92 Å². The van der Waals surface area contributed by atoms with E-state index in [1.54, 1.807) is 12.1 Å². The molecule has 1 heterocycles. The van der Waals surface area contributed by atoms with Crippen molar-refractivity contribution in [1.82, 2.24) is 10.6 Å². The molecule has 27 heavy (non-hydrogen) atoms. The van der Waals surface area contributed by atoms with Crippen LogP contribution in [0.4, 0.5) is 0 Å². The number of nitrogens with one attached hydrogen (secondary N) is 2. The van der Waals surface area contributed by atoms with Crippen LogP contribution in [0.3, 0.4) is 0 Å². The Morgan fingerprint density at radius 3 is 2.74 bits per heavy atom. The fraction of sp³-hybridized carbons (Fsp3) is 0.524. The van der Waals surface area contributed by atoms with Gasteiger partial charge in [0.15, 0.2) is 5.76 Å². The van der Waals surface area contributed by atoms with Gasteiger partial charge in [-0.3, -0.25) is 9.59 Å². The summed E-state index contributed by atoms with van der Waals surface area (Å²) in [6.07, 6.45) is 8.34. The van der Waals surface area contributed by atoms with Gasteiger partial charge in [0, 0.05) is 17.0 Å². The standard InChI is InChI=1S/C21H25ClN2O3/c22-16-8-4-1-5-13(16)12-19-21(26)24-17-11-14(9-10-18(17)27-19)20(25)23-15-6-2-3-7-15/h1,4-5,8,12,14-15,17-18H,2-3,6-7,9-11H2,(H,23,25)(H,24,26)/b19-12-. The van der Waals surface area contributed by atoms with Crippen molar-refractivity contribution in [1.29, 1.82) is 0 Å². The number of carbonyl (C=O) groups is 2. The molecule has 0 bridgehead atoms. The molecule has 2 N–H and O–H groups in total. The Hall–Kier alpha value is -2.01. The number of morpholine rings is 1. The van der Waals surface area contributed by atoms with E-state index in [-0.39, 0.29) is 29.9 Å². The summed E-state index contributed by atoms with van der Waals surface area (Å²) in [5, 5.41) is 6.80. The third-order valence-electron chi connectivity index (χ3n) is 5.87. The van der Waals surface area contributed by atoms with E-state index in [9.17, 15) is 9.59 Å². The number of amides is 2. The Bertz CT molecular complexity index is 758. The van der Waals surface area contributed by atoms with Gasteiger partial charge in [-0.25, -0.2) is 0 Å². The fourth-order valence-electron chi connectivity index (χ4n) is 4.35. The molecule has 1 aromatic rings. The molecule has 2 saturated carbocycles. The topological polar surface area (TPSA) is 67.4 Å².